The molecule has 2 rings (SSSR count). The molecule has 0 spiro atoms. The van der Waals surface area contributed by atoms with Gasteiger partial charge in [0.2, 0.25) is 5.91 Å². The molecule has 19 heavy (non-hydrogen) atoms. The minimum atomic E-state index is -0.752. The molecule has 4 heteroatoms. The Kier molecular flexibility index (Phi) is 4.85. The zero-order chi connectivity index (χ0) is 13.9. The van der Waals surface area contributed by atoms with Gasteiger partial charge in [0.25, 0.3) is 0 Å². The average Bonchev–Trinajstić information content (AvgIpc) is 2.88. The summed E-state index contributed by atoms with van der Waals surface area (Å²) in [6.45, 7) is 6.04. The van der Waals surface area contributed by atoms with Crippen LogP contribution in [0, 0.1) is 5.92 Å². The fourth-order valence-corrected chi connectivity index (χ4v) is 3.08. The maximum Gasteiger partial charge on any atom is 0.242 e. The standard InChI is InChI=1S/C15H28N2O2/c1-15(2,16)14(18)17-9-7-13(8-10-17)19-11-12-5-3-4-6-12/h12-13H,3-11,16H2,1-2H3. The summed E-state index contributed by atoms with van der Waals surface area (Å²) < 4.78 is 6.01. The molecular weight excluding hydrogens is 240 g/mol. The van der Waals surface area contributed by atoms with Crippen LogP contribution in [0.4, 0.5) is 0 Å². The van der Waals surface area contributed by atoms with E-state index in [2.05, 4.69) is 0 Å². The maximum absolute atomic E-state index is 12.1. The van der Waals surface area contributed by atoms with Crippen molar-refractivity contribution >= 4 is 5.91 Å². The third-order valence-corrected chi connectivity index (χ3v) is 4.32. The lowest BCUT2D eigenvalue weighted by Crippen LogP contribution is -2.53. The third-order valence-electron chi connectivity index (χ3n) is 4.32. The predicted octanol–water partition coefficient (Wildman–Crippen LogP) is 1.92. The molecule has 0 radical (unpaired) electrons. The largest absolute Gasteiger partial charge is 0.378 e. The summed E-state index contributed by atoms with van der Waals surface area (Å²) in [7, 11) is 0. The highest BCUT2D eigenvalue weighted by Gasteiger charge is 2.31. The molecule has 110 valence electrons. The Morgan fingerprint density at radius 1 is 1.21 bits per heavy atom. The van der Waals surface area contributed by atoms with E-state index in [-0.39, 0.29) is 5.91 Å². The van der Waals surface area contributed by atoms with E-state index >= 15 is 0 Å². The Morgan fingerprint density at radius 2 is 1.79 bits per heavy atom. The summed E-state index contributed by atoms with van der Waals surface area (Å²) in [5.41, 5.74) is 5.11. The first-order valence-corrected chi connectivity index (χ1v) is 7.66. The van der Waals surface area contributed by atoms with Crippen molar-refractivity contribution in [2.24, 2.45) is 11.7 Å². The first kappa shape index (κ1) is 14.8. The van der Waals surface area contributed by atoms with E-state index in [1.54, 1.807) is 13.8 Å². The van der Waals surface area contributed by atoms with Crippen LogP contribution >= 0.6 is 0 Å². The molecule has 0 atom stereocenters. The molecule has 4 nitrogen and oxygen atoms in total. The maximum atomic E-state index is 12.1. The molecule has 1 aliphatic heterocycles. The smallest absolute Gasteiger partial charge is 0.242 e. The average molecular weight is 268 g/mol. The van der Waals surface area contributed by atoms with Crippen molar-refractivity contribution in [3.63, 3.8) is 0 Å². The number of piperidine rings is 1. The van der Waals surface area contributed by atoms with E-state index in [9.17, 15) is 4.79 Å². The molecule has 1 amide bonds. The zero-order valence-electron chi connectivity index (χ0n) is 12.4. The predicted molar refractivity (Wildman–Crippen MR) is 75.8 cm³/mol. The molecule has 1 saturated carbocycles. The van der Waals surface area contributed by atoms with Gasteiger partial charge in [0, 0.05) is 19.7 Å². The van der Waals surface area contributed by atoms with Gasteiger partial charge < -0.3 is 15.4 Å². The molecule has 1 heterocycles. The molecule has 2 aliphatic rings. The minimum absolute atomic E-state index is 0.0572. The van der Waals surface area contributed by atoms with Crippen LogP contribution in [0.5, 0.6) is 0 Å². The van der Waals surface area contributed by atoms with E-state index in [1.807, 2.05) is 4.90 Å². The normalized spacial score (nSPS) is 23.0. The first-order chi connectivity index (χ1) is 8.97. The number of nitrogens with zero attached hydrogens (tertiary/aromatic N) is 1. The Bertz CT molecular complexity index is 298. The highest BCUT2D eigenvalue weighted by atomic mass is 16.5. The van der Waals surface area contributed by atoms with E-state index in [0.29, 0.717) is 6.10 Å². The van der Waals surface area contributed by atoms with Crippen LogP contribution in [-0.2, 0) is 9.53 Å². The number of amides is 1. The van der Waals surface area contributed by atoms with Crippen LogP contribution in [-0.4, -0.2) is 42.1 Å². The number of likely N-dealkylation sites (tertiary alicyclic amines) is 1. The molecule has 1 saturated heterocycles. The van der Waals surface area contributed by atoms with Gasteiger partial charge in [0.15, 0.2) is 0 Å². The molecule has 2 fully saturated rings. The van der Waals surface area contributed by atoms with Crippen LogP contribution < -0.4 is 5.73 Å². The van der Waals surface area contributed by atoms with Crippen LogP contribution in [0.2, 0.25) is 0 Å². The molecule has 1 aliphatic carbocycles. The number of hydrogen-bond donors (Lipinski definition) is 1. The van der Waals surface area contributed by atoms with Crippen LogP contribution in [0.25, 0.3) is 0 Å². The van der Waals surface area contributed by atoms with Gasteiger partial charge in [-0.25, -0.2) is 0 Å². The van der Waals surface area contributed by atoms with Crippen molar-refractivity contribution in [3.05, 3.63) is 0 Å². The van der Waals surface area contributed by atoms with Crippen molar-refractivity contribution < 1.29 is 9.53 Å². The highest BCUT2D eigenvalue weighted by Crippen LogP contribution is 2.26. The number of rotatable bonds is 4. The van der Waals surface area contributed by atoms with Crippen molar-refractivity contribution in [3.8, 4) is 0 Å². The lowest BCUT2D eigenvalue weighted by Gasteiger charge is -2.35. The van der Waals surface area contributed by atoms with Crippen LogP contribution in [0.3, 0.4) is 0 Å². The lowest BCUT2D eigenvalue weighted by atomic mass is 10.0. The molecule has 0 bridgehead atoms. The molecule has 0 unspecified atom stereocenters. The second-order valence-electron chi connectivity index (χ2n) is 6.70. The van der Waals surface area contributed by atoms with Crippen molar-refractivity contribution in [2.75, 3.05) is 19.7 Å². The Hall–Kier alpha value is -0.610. The summed E-state index contributed by atoms with van der Waals surface area (Å²) in [5.74, 6) is 0.837. The van der Waals surface area contributed by atoms with Crippen LogP contribution in [0.1, 0.15) is 52.4 Å². The van der Waals surface area contributed by atoms with Gasteiger partial charge in [0.05, 0.1) is 11.6 Å². The van der Waals surface area contributed by atoms with Gasteiger partial charge >= 0.3 is 0 Å². The van der Waals surface area contributed by atoms with Gasteiger partial charge in [-0.05, 0) is 45.4 Å². The third kappa shape index (κ3) is 4.18. The van der Waals surface area contributed by atoms with E-state index in [1.165, 1.54) is 25.7 Å². The van der Waals surface area contributed by atoms with Crippen molar-refractivity contribution in [2.45, 2.75) is 64.0 Å². The Labute approximate surface area is 116 Å². The second kappa shape index (κ2) is 6.23. The molecular formula is C15H28N2O2. The number of carbonyl (C=O) groups is 1. The number of nitrogens with two attached hydrogens (primary N) is 1. The number of ether oxygens (including phenoxy) is 1. The van der Waals surface area contributed by atoms with Gasteiger partial charge in [-0.2, -0.15) is 0 Å². The van der Waals surface area contributed by atoms with Gasteiger partial charge in [-0.1, -0.05) is 12.8 Å². The molecule has 2 N–H and O–H groups in total. The zero-order valence-corrected chi connectivity index (χ0v) is 12.4. The quantitative estimate of drug-likeness (QED) is 0.847. The van der Waals surface area contributed by atoms with E-state index < -0.39 is 5.54 Å². The summed E-state index contributed by atoms with van der Waals surface area (Å²) >= 11 is 0. The Balaban J connectivity index is 1.68. The fraction of sp³-hybridized carbons (Fsp3) is 0.933. The molecule has 0 aromatic carbocycles. The topological polar surface area (TPSA) is 55.6 Å². The van der Waals surface area contributed by atoms with Gasteiger partial charge in [0.1, 0.15) is 0 Å². The fourth-order valence-electron chi connectivity index (χ4n) is 3.08. The number of carbonyl (C=O) groups excluding carboxylic acids is 1. The number of hydrogen-bond acceptors (Lipinski definition) is 3. The second-order valence-corrected chi connectivity index (χ2v) is 6.70. The summed E-state index contributed by atoms with van der Waals surface area (Å²) in [5, 5.41) is 0. The summed E-state index contributed by atoms with van der Waals surface area (Å²) in [4.78, 5) is 13.9. The minimum Gasteiger partial charge on any atom is -0.378 e. The van der Waals surface area contributed by atoms with Crippen molar-refractivity contribution in [1.82, 2.24) is 4.90 Å². The summed E-state index contributed by atoms with van der Waals surface area (Å²) in [6, 6.07) is 0. The van der Waals surface area contributed by atoms with E-state index in [4.69, 9.17) is 10.5 Å². The Morgan fingerprint density at radius 3 is 2.32 bits per heavy atom. The first-order valence-electron chi connectivity index (χ1n) is 7.66. The van der Waals surface area contributed by atoms with Crippen LogP contribution in [0.15, 0.2) is 0 Å². The van der Waals surface area contributed by atoms with Gasteiger partial charge in [-0.3, -0.25) is 4.79 Å². The van der Waals surface area contributed by atoms with E-state index in [0.717, 1.165) is 38.5 Å². The molecule has 0 aromatic heterocycles. The highest BCUT2D eigenvalue weighted by molar-refractivity contribution is 5.85. The lowest BCUT2D eigenvalue weighted by molar-refractivity contribution is -0.138. The molecule has 0 aromatic rings. The monoisotopic (exact) mass is 268 g/mol. The van der Waals surface area contributed by atoms with Gasteiger partial charge in [-0.15, -0.1) is 0 Å². The SMILES string of the molecule is CC(C)(N)C(=O)N1CCC(OCC2CCCC2)CC1. The van der Waals surface area contributed by atoms with Crippen molar-refractivity contribution in [1.29, 1.82) is 0 Å². The summed E-state index contributed by atoms with van der Waals surface area (Å²) in [6.07, 6.45) is 7.64.